The largest absolute Gasteiger partial charge is 0.375 e. The van der Waals surface area contributed by atoms with E-state index in [9.17, 15) is 4.79 Å². The number of benzene rings is 2. The normalized spacial score (nSPS) is 10.3. The van der Waals surface area contributed by atoms with Crippen LogP contribution in [0.5, 0.6) is 0 Å². The summed E-state index contributed by atoms with van der Waals surface area (Å²) in [6.45, 7) is 0.0560. The Morgan fingerprint density at radius 3 is 2.24 bits per heavy atom. The highest BCUT2D eigenvalue weighted by Crippen LogP contribution is 2.31. The number of para-hydroxylation sites is 1. The lowest BCUT2D eigenvalue weighted by Gasteiger charge is -2.11. The Morgan fingerprint density at radius 2 is 1.57 bits per heavy atom. The van der Waals surface area contributed by atoms with Crippen LogP contribution in [0.25, 0.3) is 0 Å². The van der Waals surface area contributed by atoms with Crippen LogP contribution in [0, 0.1) is 0 Å². The van der Waals surface area contributed by atoms with E-state index in [-0.39, 0.29) is 12.5 Å². The molecule has 2 rings (SSSR count). The number of carbonyl (C=O) groups is 1. The van der Waals surface area contributed by atoms with Gasteiger partial charge in [-0.1, -0.05) is 46.9 Å². The molecule has 0 aliphatic rings. The fourth-order valence-electron chi connectivity index (χ4n) is 1.62. The van der Waals surface area contributed by atoms with Gasteiger partial charge in [0.05, 0.1) is 37.5 Å². The summed E-state index contributed by atoms with van der Waals surface area (Å²) in [4.78, 5) is 11.9. The Balaban J connectivity index is 2.01. The number of rotatable bonds is 4. The molecule has 0 saturated heterocycles. The molecule has 2 aromatic rings. The summed E-state index contributed by atoms with van der Waals surface area (Å²) in [5.74, 6) is -0.267. The van der Waals surface area contributed by atoms with Gasteiger partial charge in [0.15, 0.2) is 0 Å². The summed E-state index contributed by atoms with van der Waals surface area (Å²) < 4.78 is 0.704. The molecule has 7 heteroatoms. The van der Waals surface area contributed by atoms with Crippen molar-refractivity contribution in [2.75, 3.05) is 17.2 Å². The van der Waals surface area contributed by atoms with E-state index in [4.69, 9.17) is 34.8 Å². The number of nitrogens with one attached hydrogen (secondary N) is 2. The first-order chi connectivity index (χ1) is 9.99. The highest BCUT2D eigenvalue weighted by Gasteiger charge is 2.10. The van der Waals surface area contributed by atoms with Crippen molar-refractivity contribution in [3.05, 3.63) is 55.9 Å². The molecule has 3 nitrogen and oxygen atoms in total. The standard InChI is InChI=1S/C14H10BrCl3N2O/c15-13-8(16)3-2-6-11(13)19-7-12(21)20-14-9(17)4-1-5-10(14)18/h1-6,19H,7H2,(H,20,21). The molecule has 2 N–H and O–H groups in total. The van der Waals surface area contributed by atoms with Gasteiger partial charge in [-0.15, -0.1) is 0 Å². The van der Waals surface area contributed by atoms with E-state index in [0.717, 1.165) is 5.69 Å². The molecule has 0 aliphatic carbocycles. The minimum atomic E-state index is -0.267. The van der Waals surface area contributed by atoms with Gasteiger partial charge in [0.25, 0.3) is 0 Å². The molecule has 0 radical (unpaired) electrons. The lowest BCUT2D eigenvalue weighted by Crippen LogP contribution is -2.22. The SMILES string of the molecule is O=C(CNc1cccc(Cl)c1Br)Nc1c(Cl)cccc1Cl. The zero-order valence-electron chi connectivity index (χ0n) is 10.6. The average molecular weight is 409 g/mol. The van der Waals surface area contributed by atoms with Gasteiger partial charge in [-0.2, -0.15) is 0 Å². The second kappa shape index (κ2) is 7.36. The van der Waals surface area contributed by atoms with E-state index in [2.05, 4.69) is 26.6 Å². The van der Waals surface area contributed by atoms with Crippen LogP contribution in [0.4, 0.5) is 11.4 Å². The van der Waals surface area contributed by atoms with E-state index < -0.39 is 0 Å². The van der Waals surface area contributed by atoms with E-state index >= 15 is 0 Å². The molecule has 0 saturated carbocycles. The Labute approximate surface area is 145 Å². The molecule has 21 heavy (non-hydrogen) atoms. The third-order valence-electron chi connectivity index (χ3n) is 2.62. The maximum Gasteiger partial charge on any atom is 0.243 e. The lowest BCUT2D eigenvalue weighted by atomic mass is 10.3. The summed E-state index contributed by atoms with van der Waals surface area (Å²) in [7, 11) is 0. The molecule has 0 fully saturated rings. The van der Waals surface area contributed by atoms with Gasteiger partial charge in [-0.05, 0) is 40.2 Å². The molecule has 0 aliphatic heterocycles. The predicted octanol–water partition coefficient (Wildman–Crippen LogP) is 5.46. The van der Waals surface area contributed by atoms with Crippen molar-refractivity contribution in [2.24, 2.45) is 0 Å². The first-order valence-corrected chi connectivity index (χ1v) is 7.83. The molecule has 110 valence electrons. The molecule has 0 atom stereocenters. The first-order valence-electron chi connectivity index (χ1n) is 5.91. The average Bonchev–Trinajstić information content (AvgIpc) is 2.45. The Bertz CT molecular complexity index is 659. The number of halogens is 4. The fourth-order valence-corrected chi connectivity index (χ4v) is 2.69. The van der Waals surface area contributed by atoms with E-state index in [0.29, 0.717) is 25.2 Å². The van der Waals surface area contributed by atoms with Gasteiger partial charge >= 0.3 is 0 Å². The van der Waals surface area contributed by atoms with Crippen LogP contribution in [-0.4, -0.2) is 12.5 Å². The van der Waals surface area contributed by atoms with Crippen molar-refractivity contribution in [3.63, 3.8) is 0 Å². The molecule has 0 aromatic heterocycles. The van der Waals surface area contributed by atoms with Crippen LogP contribution < -0.4 is 10.6 Å². The predicted molar refractivity (Wildman–Crippen MR) is 92.7 cm³/mol. The number of hydrogen-bond donors (Lipinski definition) is 2. The van der Waals surface area contributed by atoms with Gasteiger partial charge in [0, 0.05) is 0 Å². The molecule has 0 unspecified atom stereocenters. The topological polar surface area (TPSA) is 41.1 Å². The van der Waals surface area contributed by atoms with Crippen molar-refractivity contribution in [1.82, 2.24) is 0 Å². The van der Waals surface area contributed by atoms with Crippen LogP contribution in [0.1, 0.15) is 0 Å². The van der Waals surface area contributed by atoms with Crippen LogP contribution in [0.3, 0.4) is 0 Å². The maximum atomic E-state index is 11.9. The smallest absolute Gasteiger partial charge is 0.243 e. The molecule has 1 amide bonds. The highest BCUT2D eigenvalue weighted by molar-refractivity contribution is 9.10. The maximum absolute atomic E-state index is 11.9. The molecule has 0 spiro atoms. The van der Waals surface area contributed by atoms with Crippen LogP contribution in [0.15, 0.2) is 40.9 Å². The van der Waals surface area contributed by atoms with Gasteiger partial charge < -0.3 is 10.6 Å². The Morgan fingerprint density at radius 1 is 1.00 bits per heavy atom. The van der Waals surface area contributed by atoms with Crippen molar-refractivity contribution in [1.29, 1.82) is 0 Å². The number of amides is 1. The van der Waals surface area contributed by atoms with E-state index in [1.54, 1.807) is 30.3 Å². The van der Waals surface area contributed by atoms with Crippen molar-refractivity contribution in [3.8, 4) is 0 Å². The minimum Gasteiger partial charge on any atom is -0.375 e. The van der Waals surface area contributed by atoms with Crippen molar-refractivity contribution >= 4 is 68.0 Å². The van der Waals surface area contributed by atoms with Crippen LogP contribution in [0.2, 0.25) is 15.1 Å². The summed E-state index contributed by atoms with van der Waals surface area (Å²) in [6, 6.07) is 10.4. The van der Waals surface area contributed by atoms with Crippen molar-refractivity contribution in [2.45, 2.75) is 0 Å². The molecule has 0 heterocycles. The van der Waals surface area contributed by atoms with E-state index in [1.807, 2.05) is 6.07 Å². The highest BCUT2D eigenvalue weighted by atomic mass is 79.9. The third-order valence-corrected chi connectivity index (χ3v) is 4.65. The summed E-state index contributed by atoms with van der Waals surface area (Å²) in [6.07, 6.45) is 0. The Hall–Kier alpha value is -0.940. The molecular formula is C14H10BrCl3N2O. The summed E-state index contributed by atoms with van der Waals surface area (Å²) >= 11 is 21.3. The zero-order chi connectivity index (χ0) is 15.4. The van der Waals surface area contributed by atoms with Gasteiger partial charge in [0.2, 0.25) is 5.91 Å². The molecular weight excluding hydrogens is 398 g/mol. The Kier molecular flexibility index (Phi) is 5.76. The second-order valence-corrected chi connectivity index (χ2v) is 6.11. The van der Waals surface area contributed by atoms with Crippen molar-refractivity contribution < 1.29 is 4.79 Å². The van der Waals surface area contributed by atoms with Gasteiger partial charge in [0.1, 0.15) is 0 Å². The zero-order valence-corrected chi connectivity index (χ0v) is 14.4. The quantitative estimate of drug-likeness (QED) is 0.705. The minimum absolute atomic E-state index is 0.0560. The monoisotopic (exact) mass is 406 g/mol. The summed E-state index contributed by atoms with van der Waals surface area (Å²) in [5.41, 5.74) is 1.13. The van der Waals surface area contributed by atoms with Crippen LogP contribution >= 0.6 is 50.7 Å². The van der Waals surface area contributed by atoms with Crippen LogP contribution in [-0.2, 0) is 4.79 Å². The van der Waals surface area contributed by atoms with Gasteiger partial charge in [-0.3, -0.25) is 4.79 Å². The molecule has 0 bridgehead atoms. The molecule has 2 aromatic carbocycles. The third kappa shape index (κ3) is 4.27. The number of hydrogen-bond acceptors (Lipinski definition) is 2. The number of anilines is 2. The van der Waals surface area contributed by atoms with Gasteiger partial charge in [-0.25, -0.2) is 0 Å². The summed E-state index contributed by atoms with van der Waals surface area (Å²) in [5, 5.41) is 6.99. The second-order valence-electron chi connectivity index (χ2n) is 4.10. The number of carbonyl (C=O) groups excluding carboxylic acids is 1. The van der Waals surface area contributed by atoms with E-state index in [1.165, 1.54) is 0 Å². The lowest BCUT2D eigenvalue weighted by molar-refractivity contribution is -0.114. The first kappa shape index (κ1) is 16.4. The fraction of sp³-hybridized carbons (Fsp3) is 0.0714.